The number of hydrogen-bond donors (Lipinski definition) is 2. The Bertz CT molecular complexity index is 830. The van der Waals surface area contributed by atoms with Crippen LogP contribution in [-0.4, -0.2) is 22.3 Å². The number of nitrogens with one attached hydrogen (secondary N) is 1. The number of rotatable bonds is 7. The molecule has 6 heteroatoms. The van der Waals surface area contributed by atoms with Gasteiger partial charge < -0.3 is 15.8 Å². The van der Waals surface area contributed by atoms with E-state index in [1.54, 1.807) is 6.20 Å². The van der Waals surface area contributed by atoms with E-state index in [2.05, 4.69) is 22.3 Å². The standard InChI is InChI=1S/C20H23N5O/c1-16(15-25-12-6-11-23-25)14-22-20(21)24-17-7-5-10-19(13-17)26-18-8-3-2-4-9-18/h2-13,16H,14-15H2,1H3,(H3,21,22,24). The molecular weight excluding hydrogens is 326 g/mol. The first kappa shape index (κ1) is 17.5. The second kappa shape index (κ2) is 8.71. The molecule has 0 aliphatic heterocycles. The molecule has 0 saturated heterocycles. The van der Waals surface area contributed by atoms with E-state index in [9.17, 15) is 0 Å². The highest BCUT2D eigenvalue weighted by Gasteiger charge is 2.04. The van der Waals surface area contributed by atoms with Gasteiger partial charge in [-0.05, 0) is 36.2 Å². The van der Waals surface area contributed by atoms with Crippen molar-refractivity contribution in [2.75, 3.05) is 11.9 Å². The number of aliphatic imine (C=N–C) groups is 1. The minimum atomic E-state index is 0.336. The zero-order chi connectivity index (χ0) is 18.2. The lowest BCUT2D eigenvalue weighted by atomic mass is 10.2. The van der Waals surface area contributed by atoms with Crippen LogP contribution < -0.4 is 15.8 Å². The molecule has 0 spiro atoms. The van der Waals surface area contributed by atoms with Gasteiger partial charge in [-0.3, -0.25) is 9.67 Å². The number of nitrogens with zero attached hydrogens (tertiary/aromatic N) is 3. The van der Waals surface area contributed by atoms with Crippen molar-refractivity contribution < 1.29 is 4.74 Å². The summed E-state index contributed by atoms with van der Waals surface area (Å²) in [5.74, 6) is 2.25. The fourth-order valence-corrected chi connectivity index (χ4v) is 2.49. The highest BCUT2D eigenvalue weighted by atomic mass is 16.5. The van der Waals surface area contributed by atoms with Gasteiger partial charge in [0.15, 0.2) is 5.96 Å². The Morgan fingerprint density at radius 2 is 1.96 bits per heavy atom. The molecule has 134 valence electrons. The Hall–Kier alpha value is -3.28. The van der Waals surface area contributed by atoms with Crippen molar-refractivity contribution in [3.63, 3.8) is 0 Å². The Morgan fingerprint density at radius 1 is 1.15 bits per heavy atom. The second-order valence-corrected chi connectivity index (χ2v) is 6.13. The SMILES string of the molecule is CC(CN=C(N)Nc1cccc(Oc2ccccc2)c1)Cn1cccn1. The van der Waals surface area contributed by atoms with Crippen molar-refractivity contribution in [2.24, 2.45) is 16.6 Å². The molecule has 26 heavy (non-hydrogen) atoms. The van der Waals surface area contributed by atoms with Gasteiger partial charge in [0, 0.05) is 37.2 Å². The Labute approximate surface area is 153 Å². The molecule has 1 heterocycles. The first-order valence-corrected chi connectivity index (χ1v) is 8.56. The summed E-state index contributed by atoms with van der Waals surface area (Å²) in [5, 5.41) is 7.31. The van der Waals surface area contributed by atoms with Crippen molar-refractivity contribution in [3.05, 3.63) is 73.1 Å². The van der Waals surface area contributed by atoms with Gasteiger partial charge in [0.05, 0.1) is 0 Å². The fourth-order valence-electron chi connectivity index (χ4n) is 2.49. The average Bonchev–Trinajstić information content (AvgIpc) is 3.14. The number of aromatic nitrogens is 2. The molecule has 1 aromatic heterocycles. The van der Waals surface area contributed by atoms with Crippen molar-refractivity contribution in [1.82, 2.24) is 9.78 Å². The van der Waals surface area contributed by atoms with Crippen molar-refractivity contribution >= 4 is 11.6 Å². The van der Waals surface area contributed by atoms with Crippen LogP contribution in [0.3, 0.4) is 0 Å². The number of nitrogens with two attached hydrogens (primary N) is 1. The topological polar surface area (TPSA) is 77.5 Å². The zero-order valence-corrected chi connectivity index (χ0v) is 14.7. The maximum absolute atomic E-state index is 6.01. The van der Waals surface area contributed by atoms with E-state index in [4.69, 9.17) is 10.5 Å². The van der Waals surface area contributed by atoms with Crippen LogP contribution in [0.1, 0.15) is 6.92 Å². The maximum atomic E-state index is 6.01. The highest BCUT2D eigenvalue weighted by molar-refractivity contribution is 5.92. The number of benzene rings is 2. The lowest BCUT2D eigenvalue weighted by Gasteiger charge is -2.11. The molecule has 0 aliphatic carbocycles. The molecule has 0 bridgehead atoms. The molecule has 0 fully saturated rings. The van der Waals surface area contributed by atoms with Crippen LogP contribution in [-0.2, 0) is 6.54 Å². The minimum absolute atomic E-state index is 0.336. The molecule has 3 rings (SSSR count). The van der Waals surface area contributed by atoms with E-state index in [-0.39, 0.29) is 0 Å². The van der Waals surface area contributed by atoms with E-state index in [0.29, 0.717) is 18.4 Å². The molecule has 0 amide bonds. The van der Waals surface area contributed by atoms with E-state index >= 15 is 0 Å². The number of hydrogen-bond acceptors (Lipinski definition) is 3. The van der Waals surface area contributed by atoms with E-state index in [0.717, 1.165) is 23.7 Å². The van der Waals surface area contributed by atoms with Crippen LogP contribution in [0.15, 0.2) is 78.0 Å². The summed E-state index contributed by atoms with van der Waals surface area (Å²) in [6.07, 6.45) is 3.72. The van der Waals surface area contributed by atoms with Gasteiger partial charge >= 0.3 is 0 Å². The summed E-state index contributed by atoms with van der Waals surface area (Å²) in [6.45, 7) is 3.55. The van der Waals surface area contributed by atoms with Crippen LogP contribution in [0.25, 0.3) is 0 Å². The molecule has 3 aromatic rings. The van der Waals surface area contributed by atoms with Gasteiger partial charge in [-0.25, -0.2) is 0 Å². The number of para-hydroxylation sites is 1. The molecule has 0 saturated carbocycles. The summed E-state index contributed by atoms with van der Waals surface area (Å²) in [4.78, 5) is 4.41. The summed E-state index contributed by atoms with van der Waals surface area (Å²) < 4.78 is 7.72. The lowest BCUT2D eigenvalue weighted by molar-refractivity contribution is 0.459. The van der Waals surface area contributed by atoms with Gasteiger partial charge in [0.25, 0.3) is 0 Å². The van der Waals surface area contributed by atoms with Crippen molar-refractivity contribution in [3.8, 4) is 11.5 Å². The summed E-state index contributed by atoms with van der Waals surface area (Å²) in [5.41, 5.74) is 6.84. The first-order chi connectivity index (χ1) is 12.7. The third kappa shape index (κ3) is 5.37. The predicted octanol–water partition coefficient (Wildman–Crippen LogP) is 3.74. The number of guanidine groups is 1. The van der Waals surface area contributed by atoms with Crippen LogP contribution in [0.4, 0.5) is 5.69 Å². The van der Waals surface area contributed by atoms with E-state index in [1.807, 2.05) is 71.5 Å². The van der Waals surface area contributed by atoms with E-state index in [1.165, 1.54) is 0 Å². The molecule has 3 N–H and O–H groups in total. The van der Waals surface area contributed by atoms with Crippen LogP contribution in [0, 0.1) is 5.92 Å². The molecule has 0 radical (unpaired) electrons. The summed E-state index contributed by atoms with van der Waals surface area (Å²) >= 11 is 0. The van der Waals surface area contributed by atoms with Gasteiger partial charge in [0.1, 0.15) is 11.5 Å². The molecule has 2 aromatic carbocycles. The fraction of sp³-hybridized carbons (Fsp3) is 0.200. The van der Waals surface area contributed by atoms with Gasteiger partial charge in [0.2, 0.25) is 0 Å². The predicted molar refractivity (Wildman–Crippen MR) is 104 cm³/mol. The third-order valence-corrected chi connectivity index (χ3v) is 3.72. The van der Waals surface area contributed by atoms with Crippen molar-refractivity contribution in [2.45, 2.75) is 13.5 Å². The summed E-state index contributed by atoms with van der Waals surface area (Å²) in [6, 6.07) is 19.2. The maximum Gasteiger partial charge on any atom is 0.193 e. The molecule has 6 nitrogen and oxygen atoms in total. The van der Waals surface area contributed by atoms with Gasteiger partial charge in [-0.15, -0.1) is 0 Å². The molecule has 0 aliphatic rings. The third-order valence-electron chi connectivity index (χ3n) is 3.72. The zero-order valence-electron chi connectivity index (χ0n) is 14.7. The number of anilines is 1. The quantitative estimate of drug-likeness (QED) is 0.503. The Morgan fingerprint density at radius 3 is 2.73 bits per heavy atom. The van der Waals surface area contributed by atoms with Crippen molar-refractivity contribution in [1.29, 1.82) is 0 Å². The smallest absolute Gasteiger partial charge is 0.193 e. The van der Waals surface area contributed by atoms with Gasteiger partial charge in [-0.2, -0.15) is 5.10 Å². The monoisotopic (exact) mass is 349 g/mol. The highest BCUT2D eigenvalue weighted by Crippen LogP contribution is 2.23. The van der Waals surface area contributed by atoms with Crippen LogP contribution in [0.2, 0.25) is 0 Å². The van der Waals surface area contributed by atoms with Gasteiger partial charge in [-0.1, -0.05) is 31.2 Å². The second-order valence-electron chi connectivity index (χ2n) is 6.13. The normalized spacial score (nSPS) is 12.6. The lowest BCUT2D eigenvalue weighted by Crippen LogP contribution is -2.24. The molecule has 1 unspecified atom stereocenters. The average molecular weight is 349 g/mol. The van der Waals surface area contributed by atoms with Crippen LogP contribution in [0.5, 0.6) is 11.5 Å². The summed E-state index contributed by atoms with van der Waals surface area (Å²) in [7, 11) is 0. The molecular formula is C20H23N5O. The minimum Gasteiger partial charge on any atom is -0.457 e. The largest absolute Gasteiger partial charge is 0.457 e. The van der Waals surface area contributed by atoms with Crippen LogP contribution >= 0.6 is 0 Å². The number of ether oxygens (including phenoxy) is 1. The Kier molecular flexibility index (Phi) is 5.88. The first-order valence-electron chi connectivity index (χ1n) is 8.56. The Balaban J connectivity index is 1.55. The molecule has 1 atom stereocenters. The van der Waals surface area contributed by atoms with E-state index < -0.39 is 0 Å².